The second-order valence-electron chi connectivity index (χ2n) is 9.78. The van der Waals surface area contributed by atoms with E-state index in [-0.39, 0.29) is 22.8 Å². The Labute approximate surface area is 220 Å². The van der Waals surface area contributed by atoms with Crippen LogP contribution in [0.25, 0.3) is 33.0 Å². The Kier molecular flexibility index (Phi) is 7.08. The van der Waals surface area contributed by atoms with Crippen LogP contribution in [0.4, 0.5) is 4.39 Å². The molecule has 38 heavy (non-hydrogen) atoms. The molecule has 5 rings (SSSR count). The molecule has 2 amide bonds. The highest BCUT2D eigenvalue weighted by Crippen LogP contribution is 2.40. The van der Waals surface area contributed by atoms with Gasteiger partial charge in [0.25, 0.3) is 11.8 Å². The van der Waals surface area contributed by atoms with Crippen LogP contribution < -0.4 is 10.1 Å². The number of rotatable bonds is 10. The number of hydrogen-bond acceptors (Lipinski definition) is 5. The normalized spacial score (nSPS) is 14.1. The summed E-state index contributed by atoms with van der Waals surface area (Å²) in [4.78, 5) is 28.6. The number of nitrogens with one attached hydrogen (secondary N) is 1. The van der Waals surface area contributed by atoms with Gasteiger partial charge >= 0.3 is 0 Å². The molecular formula is C30H32FN3O4. The molecule has 0 saturated carbocycles. The standard InChI is InChI=1S/C30H32FN3O4/c1-5-33(6-2)11-7-12-37-21-8-9-25-22(16-21)24(17-34(25)18(3)4)27-26(29(35)32-30(27)36)23-15-20(31)14-19-10-13-38-28(19)23/h8-10,13-18H,5-7,11-12H2,1-4H3,(H,32,35,36). The summed E-state index contributed by atoms with van der Waals surface area (Å²) in [6, 6.07) is 10.1. The fourth-order valence-corrected chi connectivity index (χ4v) is 5.17. The lowest BCUT2D eigenvalue weighted by atomic mass is 9.95. The number of fused-ring (bicyclic) bond motifs is 2. The van der Waals surface area contributed by atoms with Gasteiger partial charge in [0, 0.05) is 46.2 Å². The van der Waals surface area contributed by atoms with Crippen molar-refractivity contribution in [2.45, 2.75) is 40.2 Å². The van der Waals surface area contributed by atoms with Gasteiger partial charge in [0.15, 0.2) is 0 Å². The Balaban J connectivity index is 1.62. The molecule has 0 radical (unpaired) electrons. The number of benzene rings is 2. The van der Waals surface area contributed by atoms with E-state index >= 15 is 0 Å². The Morgan fingerprint density at radius 3 is 2.47 bits per heavy atom. The number of carbonyl (C=O) groups is 2. The summed E-state index contributed by atoms with van der Waals surface area (Å²) in [6.07, 6.45) is 4.22. The average molecular weight is 518 g/mol. The lowest BCUT2D eigenvalue weighted by Crippen LogP contribution is -2.25. The fraction of sp³-hybridized carbons (Fsp3) is 0.333. The lowest BCUT2D eigenvalue weighted by molar-refractivity contribution is -0.122. The molecule has 0 aliphatic carbocycles. The quantitative estimate of drug-likeness (QED) is 0.213. The molecule has 1 aliphatic rings. The maximum atomic E-state index is 14.5. The molecule has 2 aromatic heterocycles. The first-order chi connectivity index (χ1) is 18.3. The van der Waals surface area contributed by atoms with Crippen molar-refractivity contribution < 1.29 is 23.1 Å². The third-order valence-electron chi connectivity index (χ3n) is 7.13. The SMILES string of the molecule is CCN(CC)CCCOc1ccc2c(c1)c(C1=C(c3cc(F)cc4ccoc34)C(=O)NC1=O)cn2C(C)C. The highest BCUT2D eigenvalue weighted by molar-refractivity contribution is 6.50. The molecule has 0 saturated heterocycles. The van der Waals surface area contributed by atoms with Crippen molar-refractivity contribution in [1.82, 2.24) is 14.8 Å². The first kappa shape index (κ1) is 25.7. The largest absolute Gasteiger partial charge is 0.494 e. The highest BCUT2D eigenvalue weighted by Gasteiger charge is 2.35. The lowest BCUT2D eigenvalue weighted by Gasteiger charge is -2.17. The summed E-state index contributed by atoms with van der Waals surface area (Å²) >= 11 is 0. The zero-order chi connectivity index (χ0) is 27.0. The summed E-state index contributed by atoms with van der Waals surface area (Å²) in [5.74, 6) is -0.936. The number of furan rings is 1. The van der Waals surface area contributed by atoms with Crippen molar-refractivity contribution >= 4 is 44.8 Å². The minimum absolute atomic E-state index is 0.0993. The van der Waals surface area contributed by atoms with Gasteiger partial charge < -0.3 is 18.6 Å². The Hall–Kier alpha value is -3.91. The molecule has 0 spiro atoms. The number of aromatic nitrogens is 1. The Bertz CT molecular complexity index is 1560. The van der Waals surface area contributed by atoms with Crippen LogP contribution in [-0.2, 0) is 9.59 Å². The molecule has 7 nitrogen and oxygen atoms in total. The summed E-state index contributed by atoms with van der Waals surface area (Å²) in [5.41, 5.74) is 2.40. The third-order valence-corrected chi connectivity index (χ3v) is 7.13. The smallest absolute Gasteiger partial charge is 0.259 e. The number of nitrogens with zero attached hydrogens (tertiary/aromatic N) is 2. The van der Waals surface area contributed by atoms with Crippen LogP contribution in [0, 0.1) is 5.82 Å². The van der Waals surface area contributed by atoms with Gasteiger partial charge in [-0.2, -0.15) is 0 Å². The summed E-state index contributed by atoms with van der Waals surface area (Å²) in [5, 5.41) is 3.71. The molecule has 0 fully saturated rings. The van der Waals surface area contributed by atoms with E-state index in [1.54, 1.807) is 6.07 Å². The van der Waals surface area contributed by atoms with E-state index in [9.17, 15) is 14.0 Å². The van der Waals surface area contributed by atoms with Crippen LogP contribution in [0.1, 0.15) is 51.3 Å². The van der Waals surface area contributed by atoms with Gasteiger partial charge in [0.1, 0.15) is 17.1 Å². The van der Waals surface area contributed by atoms with Crippen LogP contribution in [0.3, 0.4) is 0 Å². The Morgan fingerprint density at radius 1 is 1.03 bits per heavy atom. The van der Waals surface area contributed by atoms with Gasteiger partial charge in [0.2, 0.25) is 0 Å². The topological polar surface area (TPSA) is 76.7 Å². The molecule has 8 heteroatoms. The van der Waals surface area contributed by atoms with E-state index in [4.69, 9.17) is 9.15 Å². The molecule has 1 N–H and O–H groups in total. The van der Waals surface area contributed by atoms with Crippen molar-refractivity contribution in [3.8, 4) is 5.75 Å². The summed E-state index contributed by atoms with van der Waals surface area (Å²) < 4.78 is 28.3. The molecule has 1 aliphatic heterocycles. The second kappa shape index (κ2) is 10.5. The number of halogens is 1. The number of ether oxygens (including phenoxy) is 1. The molecule has 4 aromatic rings. The van der Waals surface area contributed by atoms with Crippen LogP contribution in [0.5, 0.6) is 5.75 Å². The van der Waals surface area contributed by atoms with Gasteiger partial charge in [-0.05, 0) is 69.8 Å². The molecule has 198 valence electrons. The van der Waals surface area contributed by atoms with Crippen molar-refractivity contribution in [2.75, 3.05) is 26.2 Å². The number of amides is 2. The molecule has 3 heterocycles. The predicted molar refractivity (Wildman–Crippen MR) is 146 cm³/mol. The van der Waals surface area contributed by atoms with Crippen LogP contribution in [0.2, 0.25) is 0 Å². The molecule has 2 aromatic carbocycles. The third kappa shape index (κ3) is 4.60. The maximum absolute atomic E-state index is 14.5. The fourth-order valence-electron chi connectivity index (χ4n) is 5.17. The predicted octanol–water partition coefficient (Wildman–Crippen LogP) is 5.79. The van der Waals surface area contributed by atoms with Gasteiger partial charge in [-0.1, -0.05) is 13.8 Å². The van der Waals surface area contributed by atoms with E-state index < -0.39 is 17.6 Å². The first-order valence-electron chi connectivity index (χ1n) is 13.1. The molecule has 0 unspecified atom stereocenters. The number of carbonyl (C=O) groups excluding carboxylic acids is 2. The number of hydrogen-bond donors (Lipinski definition) is 1. The minimum Gasteiger partial charge on any atom is -0.494 e. The van der Waals surface area contributed by atoms with E-state index in [1.807, 2.05) is 24.4 Å². The van der Waals surface area contributed by atoms with Gasteiger partial charge in [-0.25, -0.2) is 4.39 Å². The average Bonchev–Trinajstić information content (AvgIpc) is 3.58. The Morgan fingerprint density at radius 2 is 1.76 bits per heavy atom. The van der Waals surface area contributed by atoms with Crippen LogP contribution in [-0.4, -0.2) is 47.5 Å². The van der Waals surface area contributed by atoms with Gasteiger partial charge in [-0.15, -0.1) is 0 Å². The first-order valence-corrected chi connectivity index (χ1v) is 13.1. The maximum Gasteiger partial charge on any atom is 0.259 e. The van der Waals surface area contributed by atoms with Crippen LogP contribution >= 0.6 is 0 Å². The monoisotopic (exact) mass is 517 g/mol. The van der Waals surface area contributed by atoms with Gasteiger partial charge in [-0.3, -0.25) is 14.9 Å². The van der Waals surface area contributed by atoms with Gasteiger partial charge in [0.05, 0.1) is 24.0 Å². The van der Waals surface area contributed by atoms with Crippen molar-refractivity contribution in [3.63, 3.8) is 0 Å². The van der Waals surface area contributed by atoms with E-state index in [0.717, 1.165) is 37.0 Å². The highest BCUT2D eigenvalue weighted by atomic mass is 19.1. The van der Waals surface area contributed by atoms with E-state index in [1.165, 1.54) is 18.4 Å². The van der Waals surface area contributed by atoms with Crippen molar-refractivity contribution in [3.05, 3.63) is 65.8 Å². The van der Waals surface area contributed by atoms with Crippen LogP contribution in [0.15, 0.2) is 53.3 Å². The molecule has 0 bridgehead atoms. The number of imide groups is 1. The summed E-state index contributed by atoms with van der Waals surface area (Å²) in [6.45, 7) is 11.9. The van der Waals surface area contributed by atoms with Crippen molar-refractivity contribution in [1.29, 1.82) is 0 Å². The zero-order valence-corrected chi connectivity index (χ0v) is 22.1. The minimum atomic E-state index is -0.581. The van der Waals surface area contributed by atoms with Crippen molar-refractivity contribution in [2.24, 2.45) is 0 Å². The zero-order valence-electron chi connectivity index (χ0n) is 22.1. The second-order valence-corrected chi connectivity index (χ2v) is 9.78. The van der Waals surface area contributed by atoms with E-state index in [0.29, 0.717) is 28.9 Å². The molecule has 0 atom stereocenters. The summed E-state index contributed by atoms with van der Waals surface area (Å²) in [7, 11) is 0. The molecular weight excluding hydrogens is 485 g/mol. The van der Waals surface area contributed by atoms with E-state index in [2.05, 4.69) is 42.5 Å².